The molecule has 5 N–H and O–H groups in total. The third-order valence-electron chi connectivity index (χ3n) is 6.55. The first-order valence-corrected chi connectivity index (χ1v) is 11.2. The number of nitrogens with one attached hydrogen (secondary N) is 2. The van der Waals surface area contributed by atoms with E-state index in [1.807, 2.05) is 6.92 Å². The number of nitrogens with two attached hydrogens (primary N) is 1. The number of hydrogen-bond donors (Lipinski definition) is 4. The number of aliphatic hydroxyl groups excluding tert-OH is 1. The molecule has 1 saturated carbocycles. The molecular weight excluding hydrogens is 441 g/mol. The van der Waals surface area contributed by atoms with Crippen LogP contribution >= 0.6 is 0 Å². The van der Waals surface area contributed by atoms with Gasteiger partial charge in [0, 0.05) is 35.5 Å². The molecule has 1 fully saturated rings. The van der Waals surface area contributed by atoms with Crippen LogP contribution in [-0.4, -0.2) is 46.5 Å². The van der Waals surface area contributed by atoms with Crippen molar-refractivity contribution < 1.29 is 23.8 Å². The second-order valence-corrected chi connectivity index (χ2v) is 8.82. The highest BCUT2D eigenvalue weighted by atomic mass is 19.1. The molecule has 3 heterocycles. The van der Waals surface area contributed by atoms with E-state index in [4.69, 9.17) is 15.2 Å². The third-order valence-corrected chi connectivity index (χ3v) is 6.55. The van der Waals surface area contributed by atoms with Crippen LogP contribution in [0.25, 0.3) is 21.9 Å². The SMILES string of the molecule is Cc1c(-c2cc3cc(NC(=O)O[C@H]4C[C@@H]([C@H](C)O)C4)ncc3c(N)c2F)cnc2c1NCCO2. The number of anilines is 3. The van der Waals surface area contributed by atoms with Crippen molar-refractivity contribution in [3.8, 4) is 17.0 Å². The summed E-state index contributed by atoms with van der Waals surface area (Å²) in [7, 11) is 0. The van der Waals surface area contributed by atoms with Crippen molar-refractivity contribution in [3.05, 3.63) is 35.9 Å². The van der Waals surface area contributed by atoms with Crippen molar-refractivity contribution in [2.75, 3.05) is 29.5 Å². The van der Waals surface area contributed by atoms with Crippen LogP contribution in [0.1, 0.15) is 25.3 Å². The van der Waals surface area contributed by atoms with Gasteiger partial charge in [-0.15, -0.1) is 0 Å². The van der Waals surface area contributed by atoms with Crippen LogP contribution in [0.15, 0.2) is 24.5 Å². The topological polar surface area (TPSA) is 132 Å². The van der Waals surface area contributed by atoms with E-state index in [1.165, 1.54) is 6.20 Å². The number of nitrogen functional groups attached to an aromatic ring is 1. The number of aliphatic hydroxyl groups is 1. The van der Waals surface area contributed by atoms with E-state index in [0.717, 1.165) is 11.3 Å². The lowest BCUT2D eigenvalue weighted by molar-refractivity contribution is -0.0262. The summed E-state index contributed by atoms with van der Waals surface area (Å²) >= 11 is 0. The van der Waals surface area contributed by atoms with Crippen molar-refractivity contribution in [1.82, 2.24) is 9.97 Å². The van der Waals surface area contributed by atoms with Crippen molar-refractivity contribution in [3.63, 3.8) is 0 Å². The number of fused-ring (bicyclic) bond motifs is 2. The minimum atomic E-state index is -0.628. The zero-order valence-electron chi connectivity index (χ0n) is 18.9. The van der Waals surface area contributed by atoms with Gasteiger partial charge in [0.2, 0.25) is 5.88 Å². The summed E-state index contributed by atoms with van der Waals surface area (Å²) in [6.07, 6.45) is 2.98. The molecule has 2 aromatic heterocycles. The van der Waals surface area contributed by atoms with Crippen molar-refractivity contribution in [2.45, 2.75) is 38.9 Å². The zero-order valence-corrected chi connectivity index (χ0v) is 18.9. The Labute approximate surface area is 195 Å². The molecule has 178 valence electrons. The van der Waals surface area contributed by atoms with E-state index in [2.05, 4.69) is 20.6 Å². The van der Waals surface area contributed by atoms with Gasteiger partial charge >= 0.3 is 6.09 Å². The van der Waals surface area contributed by atoms with Gasteiger partial charge < -0.3 is 25.6 Å². The van der Waals surface area contributed by atoms with Crippen LogP contribution < -0.4 is 21.1 Å². The van der Waals surface area contributed by atoms with E-state index in [1.54, 1.807) is 25.3 Å². The summed E-state index contributed by atoms with van der Waals surface area (Å²) < 4.78 is 26.2. The fourth-order valence-electron chi connectivity index (χ4n) is 4.44. The van der Waals surface area contributed by atoms with Crippen LogP contribution in [0.4, 0.5) is 26.4 Å². The fourth-order valence-corrected chi connectivity index (χ4v) is 4.44. The zero-order chi connectivity index (χ0) is 24.0. The second-order valence-electron chi connectivity index (χ2n) is 8.82. The van der Waals surface area contributed by atoms with Crippen molar-refractivity contribution >= 4 is 34.1 Å². The Bertz CT molecular complexity index is 1280. The first-order chi connectivity index (χ1) is 16.3. The third kappa shape index (κ3) is 3.94. The van der Waals surface area contributed by atoms with E-state index in [0.29, 0.717) is 53.8 Å². The molecule has 0 radical (unpaired) electrons. The predicted molar refractivity (Wildman–Crippen MR) is 126 cm³/mol. The minimum Gasteiger partial charge on any atom is -0.474 e. The van der Waals surface area contributed by atoms with Gasteiger partial charge in [0.15, 0.2) is 5.82 Å². The molecule has 0 bridgehead atoms. The molecule has 9 nitrogen and oxygen atoms in total. The predicted octanol–water partition coefficient (Wildman–Crippen LogP) is 3.84. The summed E-state index contributed by atoms with van der Waals surface area (Å²) in [6, 6.07) is 3.29. The van der Waals surface area contributed by atoms with Crippen molar-refractivity contribution in [2.24, 2.45) is 5.92 Å². The van der Waals surface area contributed by atoms with Crippen LogP contribution in [0.3, 0.4) is 0 Å². The largest absolute Gasteiger partial charge is 0.474 e. The van der Waals surface area contributed by atoms with Crippen LogP contribution in [0, 0.1) is 18.7 Å². The van der Waals surface area contributed by atoms with Crippen molar-refractivity contribution in [1.29, 1.82) is 0 Å². The molecule has 1 aromatic carbocycles. The summed E-state index contributed by atoms with van der Waals surface area (Å²) in [4.78, 5) is 20.8. The van der Waals surface area contributed by atoms with Crippen LogP contribution in [-0.2, 0) is 4.74 Å². The molecule has 1 amide bonds. The maximum atomic E-state index is 15.3. The number of benzene rings is 1. The average molecular weight is 468 g/mol. The fraction of sp³-hybridized carbons (Fsp3) is 0.375. The number of hydrogen-bond acceptors (Lipinski definition) is 8. The lowest BCUT2D eigenvalue weighted by Crippen LogP contribution is -2.39. The van der Waals surface area contributed by atoms with Gasteiger partial charge in [0.05, 0.1) is 11.8 Å². The first kappa shape index (κ1) is 22.1. The van der Waals surface area contributed by atoms with E-state index < -0.39 is 18.0 Å². The van der Waals surface area contributed by atoms with E-state index in [9.17, 15) is 9.90 Å². The Hall–Kier alpha value is -3.66. The Kier molecular flexibility index (Phi) is 5.60. The first-order valence-electron chi connectivity index (χ1n) is 11.2. The van der Waals surface area contributed by atoms with Gasteiger partial charge in [0.25, 0.3) is 0 Å². The van der Waals surface area contributed by atoms with E-state index >= 15 is 4.39 Å². The molecule has 1 aliphatic carbocycles. The van der Waals surface area contributed by atoms with E-state index in [-0.39, 0.29) is 23.5 Å². The number of pyridine rings is 2. The van der Waals surface area contributed by atoms with Gasteiger partial charge in [-0.2, -0.15) is 0 Å². The minimum absolute atomic E-state index is 0.0333. The monoisotopic (exact) mass is 467 g/mol. The van der Waals surface area contributed by atoms with Gasteiger partial charge in [-0.1, -0.05) is 0 Å². The molecule has 34 heavy (non-hydrogen) atoms. The number of amides is 1. The molecule has 0 saturated heterocycles. The molecule has 10 heteroatoms. The summed E-state index contributed by atoms with van der Waals surface area (Å²) in [6.45, 7) is 4.76. The molecule has 0 unspecified atom stereocenters. The van der Waals surface area contributed by atoms with Gasteiger partial charge in [-0.05, 0) is 55.7 Å². The highest BCUT2D eigenvalue weighted by Crippen LogP contribution is 2.39. The standard InChI is InChI=1S/C24H26FN5O4/c1-11-17(9-29-23-22(11)27-3-4-33-23)16-7-14-8-19(28-10-18(14)21(26)20(16)25)30-24(32)34-15-5-13(6-15)12(2)31/h7-10,12-13,15,27,31H,3-6,26H2,1-2H3,(H,28,30,32)/t12-,13-,15+/m0/s1. The number of aromatic nitrogens is 2. The van der Waals surface area contributed by atoms with Gasteiger partial charge in [-0.25, -0.2) is 19.2 Å². The molecule has 3 aromatic rings. The number of ether oxygens (including phenoxy) is 2. The summed E-state index contributed by atoms with van der Waals surface area (Å²) in [5, 5.41) is 16.5. The van der Waals surface area contributed by atoms with Crippen LogP contribution in [0.2, 0.25) is 0 Å². The number of carbonyl (C=O) groups is 1. The average Bonchev–Trinajstić information content (AvgIpc) is 2.79. The number of carbonyl (C=O) groups excluding carboxylic acids is 1. The number of rotatable bonds is 4. The summed E-state index contributed by atoms with van der Waals surface area (Å²) in [5.74, 6) is 0.336. The smallest absolute Gasteiger partial charge is 0.413 e. The second kappa shape index (κ2) is 8.60. The number of halogens is 1. The Morgan fingerprint density at radius 2 is 2.12 bits per heavy atom. The van der Waals surface area contributed by atoms with Gasteiger partial charge in [0.1, 0.15) is 24.2 Å². The maximum Gasteiger partial charge on any atom is 0.413 e. The Morgan fingerprint density at radius 1 is 1.32 bits per heavy atom. The number of nitrogens with zero attached hydrogens (tertiary/aromatic N) is 2. The molecule has 1 aliphatic heterocycles. The maximum absolute atomic E-state index is 15.3. The normalized spacial score (nSPS) is 19.9. The molecule has 0 spiro atoms. The highest BCUT2D eigenvalue weighted by molar-refractivity contribution is 5.99. The lowest BCUT2D eigenvalue weighted by Gasteiger charge is -2.36. The quantitative estimate of drug-likeness (QED) is 0.426. The lowest BCUT2D eigenvalue weighted by atomic mass is 9.79. The molecular formula is C24H26FN5O4. The van der Waals surface area contributed by atoms with Gasteiger partial charge in [-0.3, -0.25) is 5.32 Å². The highest BCUT2D eigenvalue weighted by Gasteiger charge is 2.35. The summed E-state index contributed by atoms with van der Waals surface area (Å²) in [5.41, 5.74) is 8.50. The Morgan fingerprint density at radius 3 is 2.88 bits per heavy atom. The molecule has 1 atom stereocenters. The molecule has 5 rings (SSSR count). The Balaban J connectivity index is 1.42. The van der Waals surface area contributed by atoms with Crippen LogP contribution in [0.5, 0.6) is 5.88 Å². The molecule has 2 aliphatic rings.